The molecule has 0 fully saturated rings. The predicted octanol–water partition coefficient (Wildman–Crippen LogP) is 1.22. The molecule has 0 bridgehead atoms. The van der Waals surface area contributed by atoms with E-state index in [1.54, 1.807) is 0 Å². The first-order chi connectivity index (χ1) is 2.91. The van der Waals surface area contributed by atoms with Crippen LogP contribution in [0.3, 0.4) is 0 Å². The minimum absolute atomic E-state index is 0. The van der Waals surface area contributed by atoms with Gasteiger partial charge in [-0.25, -0.2) is 0 Å². The number of unbranched alkanes of at least 4 members (excludes halogenated alkanes) is 2. The van der Waals surface area contributed by atoms with E-state index >= 15 is 0 Å². The van der Waals surface area contributed by atoms with Gasteiger partial charge in [-0.15, -0.1) is 0 Å². The summed E-state index contributed by atoms with van der Waals surface area (Å²) in [6.45, 7) is 2.07. The van der Waals surface area contributed by atoms with Crippen LogP contribution in [-0.2, 0) is 4.79 Å². The van der Waals surface area contributed by atoms with E-state index in [1.165, 1.54) is 0 Å². The quantitative estimate of drug-likeness (QED) is 0.358. The van der Waals surface area contributed by atoms with Gasteiger partial charge in [0.25, 0.3) is 0 Å². The van der Waals surface area contributed by atoms with Gasteiger partial charge in [0.1, 0.15) is 6.29 Å². The third-order valence-electron chi connectivity index (χ3n) is 0.676. The maximum atomic E-state index is 9.56. The fourth-order valence-corrected chi connectivity index (χ4v) is 0.287. The average molecular weight is 176 g/mol. The molecule has 0 rings (SSSR count). The zero-order chi connectivity index (χ0) is 4.83. The van der Waals surface area contributed by atoms with E-state index in [4.69, 9.17) is 0 Å². The van der Waals surface area contributed by atoms with Gasteiger partial charge in [0.2, 0.25) is 0 Å². The molecule has 0 aliphatic rings. The Bertz CT molecular complexity index is 43.9. The number of rotatable bonds is 3. The summed E-state index contributed by atoms with van der Waals surface area (Å²) in [5.41, 5.74) is 0. The van der Waals surface area contributed by atoms with Crippen molar-refractivity contribution in [2.45, 2.75) is 26.2 Å². The Morgan fingerprint density at radius 1 is 1.71 bits per heavy atom. The molecule has 0 heterocycles. The fraction of sp³-hybridized carbons (Fsp3) is 0.800. The van der Waals surface area contributed by atoms with Crippen LogP contribution in [0.15, 0.2) is 0 Å². The van der Waals surface area contributed by atoms with Gasteiger partial charge in [0, 0.05) is 6.42 Å². The number of aldehydes is 1. The van der Waals surface area contributed by atoms with Crippen LogP contribution in [0.25, 0.3) is 0 Å². The standard InChI is InChI=1S/C5H10O.Sr.2H/c1-2-3-4-5-6;;;/h5H,2-4H2,1H3;;;/q;+2;2*-1. The van der Waals surface area contributed by atoms with E-state index < -0.39 is 0 Å². The van der Waals surface area contributed by atoms with Gasteiger partial charge in [-0.1, -0.05) is 13.3 Å². The van der Waals surface area contributed by atoms with Crippen molar-refractivity contribution in [3.05, 3.63) is 0 Å². The summed E-state index contributed by atoms with van der Waals surface area (Å²) in [7, 11) is 0. The van der Waals surface area contributed by atoms with Crippen molar-refractivity contribution in [1.82, 2.24) is 0 Å². The van der Waals surface area contributed by atoms with Crippen molar-refractivity contribution in [3.8, 4) is 0 Å². The molecule has 0 aromatic rings. The summed E-state index contributed by atoms with van der Waals surface area (Å²) >= 11 is 0. The molecule has 2 heteroatoms. The van der Waals surface area contributed by atoms with Crippen LogP contribution in [0.5, 0.6) is 0 Å². The van der Waals surface area contributed by atoms with Crippen LogP contribution in [0.4, 0.5) is 0 Å². The predicted molar refractivity (Wildman–Crippen MR) is 33.6 cm³/mol. The maximum absolute atomic E-state index is 9.56. The molecular weight excluding hydrogens is 164 g/mol. The summed E-state index contributed by atoms with van der Waals surface area (Å²) in [5.74, 6) is 0. The van der Waals surface area contributed by atoms with Gasteiger partial charge in [0.15, 0.2) is 0 Å². The van der Waals surface area contributed by atoms with E-state index in [1.807, 2.05) is 0 Å². The van der Waals surface area contributed by atoms with Gasteiger partial charge in [-0.05, 0) is 6.42 Å². The SMILES string of the molecule is CCCCC=O.[H-].[H-].[Sr+2]. The molecular formula is C5H12OSr. The number of hydrogen-bond acceptors (Lipinski definition) is 1. The number of carbonyl (C=O) groups excluding carboxylic acids is 1. The normalized spacial score (nSPS) is 7.00. The van der Waals surface area contributed by atoms with Crippen LogP contribution in [0.2, 0.25) is 0 Å². The smallest absolute Gasteiger partial charge is 1.00 e. The molecule has 0 saturated carbocycles. The molecule has 0 unspecified atom stereocenters. The van der Waals surface area contributed by atoms with E-state index in [9.17, 15) is 4.79 Å². The first-order valence-corrected chi connectivity index (χ1v) is 2.35. The van der Waals surface area contributed by atoms with Gasteiger partial charge in [0.05, 0.1) is 0 Å². The number of carbonyl (C=O) groups is 1. The van der Waals surface area contributed by atoms with Crippen molar-refractivity contribution in [2.75, 3.05) is 0 Å². The molecule has 0 amide bonds. The Kier molecular flexibility index (Phi) is 16.0. The van der Waals surface area contributed by atoms with Crippen LogP contribution in [0, 0.1) is 0 Å². The monoisotopic (exact) mass is 176 g/mol. The van der Waals surface area contributed by atoms with Crippen molar-refractivity contribution >= 4 is 51.8 Å². The van der Waals surface area contributed by atoms with Gasteiger partial charge >= 0.3 is 45.5 Å². The Labute approximate surface area is 84.7 Å². The van der Waals surface area contributed by atoms with Crippen LogP contribution in [-0.4, -0.2) is 51.8 Å². The van der Waals surface area contributed by atoms with E-state index in [0.29, 0.717) is 0 Å². The van der Waals surface area contributed by atoms with Crippen LogP contribution in [0.1, 0.15) is 29.0 Å². The molecule has 40 valence electrons. The fourth-order valence-electron chi connectivity index (χ4n) is 0.287. The second kappa shape index (κ2) is 10.2. The molecule has 7 heavy (non-hydrogen) atoms. The zero-order valence-electron chi connectivity index (χ0n) is 6.81. The first-order valence-electron chi connectivity index (χ1n) is 2.35. The molecule has 0 aromatic heterocycles. The average Bonchev–Trinajstić information content (AvgIpc) is 1.61. The Morgan fingerprint density at radius 2 is 2.29 bits per heavy atom. The zero-order valence-corrected chi connectivity index (χ0v) is 8.29. The van der Waals surface area contributed by atoms with Crippen LogP contribution < -0.4 is 0 Å². The molecule has 0 aromatic carbocycles. The van der Waals surface area contributed by atoms with Crippen molar-refractivity contribution in [1.29, 1.82) is 0 Å². The maximum Gasteiger partial charge on any atom is 2.00 e. The van der Waals surface area contributed by atoms with Crippen molar-refractivity contribution < 1.29 is 7.65 Å². The second-order valence-electron chi connectivity index (χ2n) is 1.31. The number of hydrogen-bond donors (Lipinski definition) is 0. The molecule has 0 radical (unpaired) electrons. The first kappa shape index (κ1) is 11.0. The van der Waals surface area contributed by atoms with Gasteiger partial charge in [-0.3, -0.25) is 0 Å². The molecule has 0 aliphatic heterocycles. The van der Waals surface area contributed by atoms with Gasteiger partial charge < -0.3 is 7.65 Å². The molecule has 0 N–H and O–H groups in total. The van der Waals surface area contributed by atoms with Crippen molar-refractivity contribution in [3.63, 3.8) is 0 Å². The summed E-state index contributed by atoms with van der Waals surface area (Å²) in [4.78, 5) is 9.56. The van der Waals surface area contributed by atoms with E-state index in [-0.39, 0.29) is 48.3 Å². The largest absolute Gasteiger partial charge is 2.00 e. The Morgan fingerprint density at radius 3 is 2.43 bits per heavy atom. The summed E-state index contributed by atoms with van der Waals surface area (Å²) in [5, 5.41) is 0. The molecule has 0 atom stereocenters. The Hall–Kier alpha value is 1.15. The third kappa shape index (κ3) is 11.0. The topological polar surface area (TPSA) is 17.1 Å². The minimum Gasteiger partial charge on any atom is -1.00 e. The van der Waals surface area contributed by atoms with E-state index in [0.717, 1.165) is 25.5 Å². The summed E-state index contributed by atoms with van der Waals surface area (Å²) in [6.07, 6.45) is 3.86. The van der Waals surface area contributed by atoms with Crippen molar-refractivity contribution in [2.24, 2.45) is 0 Å². The molecule has 0 aliphatic carbocycles. The minimum atomic E-state index is 0. The second-order valence-corrected chi connectivity index (χ2v) is 1.31. The molecule has 0 saturated heterocycles. The van der Waals surface area contributed by atoms with Gasteiger partial charge in [-0.2, -0.15) is 0 Å². The van der Waals surface area contributed by atoms with E-state index in [2.05, 4.69) is 6.92 Å². The third-order valence-corrected chi connectivity index (χ3v) is 0.676. The van der Waals surface area contributed by atoms with Crippen LogP contribution >= 0.6 is 0 Å². The Balaban J connectivity index is -0.0000000417. The summed E-state index contributed by atoms with van der Waals surface area (Å²) < 4.78 is 0. The molecule has 1 nitrogen and oxygen atoms in total. The summed E-state index contributed by atoms with van der Waals surface area (Å²) in [6, 6.07) is 0. The molecule has 0 spiro atoms.